The number of carbonyl (C=O) groups excluding carboxylic acids is 4. The van der Waals surface area contributed by atoms with Gasteiger partial charge in [0.05, 0.1) is 12.1 Å². The van der Waals surface area contributed by atoms with Crippen LogP contribution in [0.1, 0.15) is 80.1 Å². The minimum Gasteiger partial charge on any atom is -0.479 e. The second kappa shape index (κ2) is 13.8. The zero-order chi connectivity index (χ0) is 33.0. The van der Waals surface area contributed by atoms with Crippen molar-refractivity contribution in [3.8, 4) is 0 Å². The van der Waals surface area contributed by atoms with E-state index in [1.165, 1.54) is 13.8 Å². The van der Waals surface area contributed by atoms with Crippen LogP contribution in [0, 0.1) is 11.8 Å². The van der Waals surface area contributed by atoms with Crippen LogP contribution in [0.2, 0.25) is 0 Å². The number of hydrogen-bond donors (Lipinski definition) is 4. The number of benzene rings is 1. The highest BCUT2D eigenvalue weighted by Crippen LogP contribution is 2.40. The fourth-order valence-corrected chi connectivity index (χ4v) is 6.79. The van der Waals surface area contributed by atoms with E-state index in [0.717, 1.165) is 0 Å². The summed E-state index contributed by atoms with van der Waals surface area (Å²) >= 11 is 0. The molecule has 0 bridgehead atoms. The quantitative estimate of drug-likeness (QED) is 0.228. The van der Waals surface area contributed by atoms with E-state index in [-0.39, 0.29) is 37.5 Å². The molecule has 2 saturated heterocycles. The van der Waals surface area contributed by atoms with Crippen LogP contribution in [-0.4, -0.2) is 81.8 Å². The molecule has 3 rings (SSSR count). The number of amides is 2. The van der Waals surface area contributed by atoms with Crippen LogP contribution in [0.4, 0.5) is 11.4 Å². The molecule has 44 heavy (non-hydrogen) atoms. The van der Waals surface area contributed by atoms with Gasteiger partial charge >= 0.3 is 11.9 Å². The molecule has 2 fully saturated rings. The Bertz CT molecular complexity index is 1180. The van der Waals surface area contributed by atoms with Crippen molar-refractivity contribution in [3.05, 3.63) is 24.3 Å². The number of anilines is 2. The lowest BCUT2D eigenvalue weighted by molar-refractivity contribution is -0.150. The molecule has 2 aliphatic heterocycles. The van der Waals surface area contributed by atoms with Gasteiger partial charge in [-0.15, -0.1) is 0 Å². The van der Waals surface area contributed by atoms with Crippen LogP contribution >= 0.6 is 0 Å². The van der Waals surface area contributed by atoms with Crippen molar-refractivity contribution in [2.75, 3.05) is 22.9 Å². The third-order valence-electron chi connectivity index (χ3n) is 8.56. The summed E-state index contributed by atoms with van der Waals surface area (Å²) in [5.74, 6) is -4.55. The first-order valence-corrected chi connectivity index (χ1v) is 15.3. The Morgan fingerprint density at radius 3 is 1.25 bits per heavy atom. The van der Waals surface area contributed by atoms with Gasteiger partial charge < -0.3 is 30.6 Å². The maximum Gasteiger partial charge on any atom is 0.337 e. The Kier molecular flexibility index (Phi) is 10.8. The SMILES string of the molecule is CC(=O)N[C@@H](CC(C)C)C(=O)[C@@]1(C(=O)O)CCCN1c1ccc(N2CCC[C@]2(C(=O)O)C(=O)[C@H](CC(C)C)NC(C)=O)cc1. The molecule has 1 aromatic rings. The predicted octanol–water partition coefficient (Wildman–Crippen LogP) is 2.77. The van der Waals surface area contributed by atoms with E-state index in [1.54, 1.807) is 34.1 Å². The molecule has 0 spiro atoms. The van der Waals surface area contributed by atoms with E-state index in [0.29, 0.717) is 37.3 Å². The molecule has 242 valence electrons. The summed E-state index contributed by atoms with van der Waals surface area (Å²) in [4.78, 5) is 80.4. The number of ketones is 2. The maximum absolute atomic E-state index is 13.9. The zero-order valence-electron chi connectivity index (χ0n) is 26.5. The third-order valence-corrected chi connectivity index (χ3v) is 8.56. The van der Waals surface area contributed by atoms with Crippen molar-refractivity contribution in [2.45, 2.75) is 103 Å². The highest BCUT2D eigenvalue weighted by atomic mass is 16.4. The molecule has 0 saturated carbocycles. The lowest BCUT2D eigenvalue weighted by Gasteiger charge is -2.39. The van der Waals surface area contributed by atoms with E-state index < -0.39 is 58.5 Å². The molecule has 12 nitrogen and oxygen atoms in total. The number of aliphatic carboxylic acids is 2. The smallest absolute Gasteiger partial charge is 0.337 e. The molecule has 0 unspecified atom stereocenters. The van der Waals surface area contributed by atoms with Gasteiger partial charge in [-0.3, -0.25) is 19.2 Å². The van der Waals surface area contributed by atoms with Gasteiger partial charge in [0.1, 0.15) is 0 Å². The van der Waals surface area contributed by atoms with Crippen molar-refractivity contribution < 1.29 is 39.0 Å². The van der Waals surface area contributed by atoms with Gasteiger partial charge in [-0.05, 0) is 74.6 Å². The van der Waals surface area contributed by atoms with E-state index in [4.69, 9.17) is 0 Å². The Morgan fingerprint density at radius 2 is 1.00 bits per heavy atom. The number of Topliss-reactive ketones (excluding diaryl/α,β-unsaturated/α-hetero) is 2. The van der Waals surface area contributed by atoms with Crippen molar-refractivity contribution in [1.82, 2.24) is 10.6 Å². The van der Waals surface area contributed by atoms with Crippen LogP contribution in [0.15, 0.2) is 24.3 Å². The van der Waals surface area contributed by atoms with Gasteiger partial charge in [-0.1, -0.05) is 27.7 Å². The predicted molar refractivity (Wildman–Crippen MR) is 164 cm³/mol. The summed E-state index contributed by atoms with van der Waals surface area (Å²) in [6.07, 6.45) is 1.60. The second-order valence-corrected chi connectivity index (χ2v) is 12.9. The fourth-order valence-electron chi connectivity index (χ4n) is 6.79. The number of nitrogens with zero attached hydrogens (tertiary/aromatic N) is 2. The van der Waals surface area contributed by atoms with Crippen molar-refractivity contribution >= 4 is 46.7 Å². The molecule has 2 aliphatic rings. The zero-order valence-corrected chi connectivity index (χ0v) is 26.5. The second-order valence-electron chi connectivity index (χ2n) is 12.9. The summed E-state index contributed by atoms with van der Waals surface area (Å²) in [5, 5.41) is 26.2. The molecule has 4 atom stereocenters. The first-order chi connectivity index (χ1) is 20.6. The van der Waals surface area contributed by atoms with E-state index in [9.17, 15) is 39.0 Å². The van der Waals surface area contributed by atoms with Gasteiger partial charge in [0.15, 0.2) is 22.6 Å². The number of hydrogen-bond acceptors (Lipinski definition) is 8. The fraction of sp³-hybridized carbons (Fsp3) is 0.625. The molecule has 4 N–H and O–H groups in total. The van der Waals surface area contributed by atoms with Crippen molar-refractivity contribution in [3.63, 3.8) is 0 Å². The summed E-state index contributed by atoms with van der Waals surface area (Å²) in [6, 6.07) is 4.59. The molecule has 2 amide bonds. The highest BCUT2D eigenvalue weighted by Gasteiger charge is 2.57. The maximum atomic E-state index is 13.9. The van der Waals surface area contributed by atoms with Crippen molar-refractivity contribution in [2.24, 2.45) is 11.8 Å². The summed E-state index contributed by atoms with van der Waals surface area (Å²) < 4.78 is 0. The van der Waals surface area contributed by atoms with Crippen LogP contribution in [-0.2, 0) is 28.8 Å². The van der Waals surface area contributed by atoms with Gasteiger partial charge in [-0.2, -0.15) is 0 Å². The summed E-state index contributed by atoms with van der Waals surface area (Å²) in [6.45, 7) is 10.7. The first-order valence-electron chi connectivity index (χ1n) is 15.3. The molecule has 2 heterocycles. The largest absolute Gasteiger partial charge is 0.479 e. The number of carboxylic acid groups (broad SMARTS) is 2. The molecule has 0 radical (unpaired) electrons. The molecule has 0 aromatic heterocycles. The van der Waals surface area contributed by atoms with Crippen molar-refractivity contribution in [1.29, 1.82) is 0 Å². The van der Waals surface area contributed by atoms with E-state index in [1.807, 2.05) is 27.7 Å². The first kappa shape index (κ1) is 34.5. The van der Waals surface area contributed by atoms with Crippen LogP contribution in [0.3, 0.4) is 0 Å². The number of rotatable bonds is 14. The summed E-state index contributed by atoms with van der Waals surface area (Å²) in [5.41, 5.74) is -2.87. The molecular formula is C32H46N4O8. The highest BCUT2D eigenvalue weighted by molar-refractivity contribution is 6.15. The number of carboxylic acids is 2. The average Bonchev–Trinajstić information content (AvgIpc) is 3.57. The van der Waals surface area contributed by atoms with Crippen LogP contribution in [0.25, 0.3) is 0 Å². The van der Waals surface area contributed by atoms with E-state index in [2.05, 4.69) is 10.6 Å². The van der Waals surface area contributed by atoms with Gasteiger partial charge in [0.2, 0.25) is 11.8 Å². The normalized spacial score (nSPS) is 23.0. The van der Waals surface area contributed by atoms with Crippen LogP contribution in [0.5, 0.6) is 0 Å². The monoisotopic (exact) mass is 614 g/mol. The Labute approximate surface area is 258 Å². The van der Waals surface area contributed by atoms with Gasteiger partial charge in [-0.25, -0.2) is 9.59 Å². The number of nitrogens with one attached hydrogen (secondary N) is 2. The molecular weight excluding hydrogens is 568 g/mol. The summed E-state index contributed by atoms with van der Waals surface area (Å²) in [7, 11) is 0. The van der Waals surface area contributed by atoms with Crippen LogP contribution < -0.4 is 20.4 Å². The third kappa shape index (κ3) is 6.73. The molecule has 12 heteroatoms. The molecule has 1 aromatic carbocycles. The Morgan fingerprint density at radius 1 is 0.682 bits per heavy atom. The lowest BCUT2D eigenvalue weighted by atomic mass is 9.83. The van der Waals surface area contributed by atoms with Gasteiger partial charge in [0, 0.05) is 38.3 Å². The minimum absolute atomic E-state index is 0.0271. The van der Waals surface area contributed by atoms with E-state index >= 15 is 0 Å². The lowest BCUT2D eigenvalue weighted by Crippen LogP contribution is -2.63. The average molecular weight is 615 g/mol. The number of carbonyl (C=O) groups is 6. The minimum atomic E-state index is -1.89. The Hall–Kier alpha value is -3.96. The van der Waals surface area contributed by atoms with Gasteiger partial charge in [0.25, 0.3) is 0 Å². The molecule has 0 aliphatic carbocycles. The topological polar surface area (TPSA) is 173 Å². The Balaban J connectivity index is 2.00. The standard InChI is InChI=1S/C32H46N4O8/c1-19(2)17-25(33-21(5)37)27(39)31(29(41)42)13-7-15-35(31)23-9-11-24(12-10-23)36-16-8-14-32(36,30(43)44)28(40)26(18-20(3)4)34-22(6)38/h9-12,19-20,25-26H,7-8,13-18H2,1-6H3,(H,33,37)(H,34,38)(H,41,42)(H,43,44)/t25-,26-,31+,32+/m0/s1.